The molecule has 2 aromatic rings. The molecule has 0 unspecified atom stereocenters. The van der Waals surface area contributed by atoms with Crippen LogP contribution in [0, 0.1) is 0 Å². The summed E-state index contributed by atoms with van der Waals surface area (Å²) in [5.74, 6) is -1.33. The van der Waals surface area contributed by atoms with Crippen molar-refractivity contribution >= 4 is 35.6 Å². The SMILES string of the molecule is O=C(O)C=Nn1ccc(Cl)c(NC(=O)OCc2ccccc2)c1=O. The second kappa shape index (κ2) is 7.93. The Morgan fingerprint density at radius 3 is 2.67 bits per heavy atom. The minimum absolute atomic E-state index is 0.0164. The van der Waals surface area contributed by atoms with Crippen LogP contribution in [0.5, 0.6) is 0 Å². The van der Waals surface area contributed by atoms with Crippen LogP contribution in [0.3, 0.4) is 0 Å². The van der Waals surface area contributed by atoms with Gasteiger partial charge < -0.3 is 9.84 Å². The molecule has 124 valence electrons. The van der Waals surface area contributed by atoms with Crippen molar-refractivity contribution in [2.75, 3.05) is 5.32 Å². The summed E-state index contributed by atoms with van der Waals surface area (Å²) in [7, 11) is 0. The topological polar surface area (TPSA) is 110 Å². The molecule has 0 saturated carbocycles. The number of nitrogens with one attached hydrogen (secondary N) is 1. The zero-order valence-corrected chi connectivity index (χ0v) is 12.9. The smallest absolute Gasteiger partial charge is 0.412 e. The van der Waals surface area contributed by atoms with E-state index >= 15 is 0 Å². The molecule has 0 atom stereocenters. The molecule has 0 aliphatic rings. The van der Waals surface area contributed by atoms with Gasteiger partial charge >= 0.3 is 12.1 Å². The number of rotatable bonds is 5. The monoisotopic (exact) mass is 349 g/mol. The average molecular weight is 350 g/mol. The number of pyridine rings is 1. The first kappa shape index (κ1) is 17.2. The van der Waals surface area contributed by atoms with E-state index in [0.29, 0.717) is 6.21 Å². The van der Waals surface area contributed by atoms with Gasteiger partial charge in [-0.25, -0.2) is 14.3 Å². The Morgan fingerprint density at radius 1 is 1.29 bits per heavy atom. The lowest BCUT2D eigenvalue weighted by Gasteiger charge is -2.09. The Hall–Kier alpha value is -3.13. The van der Waals surface area contributed by atoms with Crippen molar-refractivity contribution < 1.29 is 19.4 Å². The first-order chi connectivity index (χ1) is 11.5. The molecule has 9 heteroatoms. The molecule has 0 spiro atoms. The van der Waals surface area contributed by atoms with Crippen LogP contribution in [0.1, 0.15) is 5.56 Å². The molecule has 0 fully saturated rings. The van der Waals surface area contributed by atoms with E-state index in [0.717, 1.165) is 10.2 Å². The van der Waals surface area contributed by atoms with Gasteiger partial charge in [0.1, 0.15) is 18.5 Å². The highest BCUT2D eigenvalue weighted by atomic mass is 35.5. The number of halogens is 1. The predicted octanol–water partition coefficient (Wildman–Crippen LogP) is 2.17. The number of aliphatic carboxylic acids is 1. The summed E-state index contributed by atoms with van der Waals surface area (Å²) >= 11 is 5.87. The fourth-order valence-corrected chi connectivity index (χ4v) is 1.87. The molecule has 1 aromatic carbocycles. The van der Waals surface area contributed by atoms with Gasteiger partial charge in [0, 0.05) is 6.20 Å². The summed E-state index contributed by atoms with van der Waals surface area (Å²) in [6, 6.07) is 10.3. The first-order valence-electron chi connectivity index (χ1n) is 6.63. The van der Waals surface area contributed by atoms with Crippen LogP contribution in [0.2, 0.25) is 5.02 Å². The molecular weight excluding hydrogens is 338 g/mol. The lowest BCUT2D eigenvalue weighted by Crippen LogP contribution is -2.25. The molecule has 24 heavy (non-hydrogen) atoms. The lowest BCUT2D eigenvalue weighted by atomic mass is 10.2. The van der Waals surface area contributed by atoms with Gasteiger partial charge in [-0.1, -0.05) is 41.9 Å². The molecule has 1 aromatic heterocycles. The van der Waals surface area contributed by atoms with Gasteiger partial charge in [-0.05, 0) is 11.6 Å². The largest absolute Gasteiger partial charge is 0.477 e. The third-order valence-electron chi connectivity index (χ3n) is 2.76. The lowest BCUT2D eigenvalue weighted by molar-refractivity contribution is -0.128. The normalized spacial score (nSPS) is 10.5. The molecule has 1 amide bonds. The Kier molecular flexibility index (Phi) is 5.69. The molecule has 8 nitrogen and oxygen atoms in total. The number of amides is 1. The summed E-state index contributed by atoms with van der Waals surface area (Å²) in [6.07, 6.45) is 0.829. The van der Waals surface area contributed by atoms with Crippen molar-refractivity contribution in [2.45, 2.75) is 6.61 Å². The number of hydrogen-bond acceptors (Lipinski definition) is 5. The van der Waals surface area contributed by atoms with Crippen molar-refractivity contribution in [1.29, 1.82) is 0 Å². The standard InChI is InChI=1S/C15H12ClN3O5/c16-11-6-7-19(17-8-12(20)21)14(22)13(11)18-15(23)24-9-10-4-2-1-3-5-10/h1-8H,9H2,(H,18,23)(H,20,21). The number of nitrogens with zero attached hydrogens (tertiary/aromatic N) is 2. The van der Waals surface area contributed by atoms with E-state index in [4.69, 9.17) is 21.4 Å². The summed E-state index contributed by atoms with van der Waals surface area (Å²) in [4.78, 5) is 34.4. The van der Waals surface area contributed by atoms with Crippen LogP contribution in [-0.4, -0.2) is 28.1 Å². The molecule has 0 bridgehead atoms. The van der Waals surface area contributed by atoms with E-state index in [9.17, 15) is 14.4 Å². The van der Waals surface area contributed by atoms with E-state index in [2.05, 4.69) is 10.4 Å². The maximum atomic E-state index is 12.1. The maximum Gasteiger partial charge on any atom is 0.412 e. The van der Waals surface area contributed by atoms with Crippen LogP contribution >= 0.6 is 11.6 Å². The van der Waals surface area contributed by atoms with Crippen molar-refractivity contribution in [1.82, 2.24) is 4.68 Å². The Morgan fingerprint density at radius 2 is 2.00 bits per heavy atom. The number of hydrogen-bond donors (Lipinski definition) is 2. The summed E-state index contributed by atoms with van der Waals surface area (Å²) in [5, 5.41) is 14.2. The van der Waals surface area contributed by atoms with Crippen molar-refractivity contribution in [3.8, 4) is 0 Å². The van der Waals surface area contributed by atoms with Gasteiger partial charge in [-0.2, -0.15) is 5.10 Å². The van der Waals surface area contributed by atoms with Crippen molar-refractivity contribution in [2.24, 2.45) is 5.10 Å². The third-order valence-corrected chi connectivity index (χ3v) is 3.07. The number of ether oxygens (including phenoxy) is 1. The van der Waals surface area contributed by atoms with Crippen LogP contribution in [0.4, 0.5) is 10.5 Å². The molecule has 2 N–H and O–H groups in total. The van der Waals surface area contributed by atoms with Gasteiger partial charge in [-0.3, -0.25) is 10.1 Å². The van der Waals surface area contributed by atoms with Crippen molar-refractivity contribution in [3.63, 3.8) is 0 Å². The Labute approximate surface area is 140 Å². The number of carbonyl (C=O) groups is 2. The fraction of sp³-hybridized carbons (Fsp3) is 0.0667. The molecule has 1 heterocycles. The van der Waals surface area contributed by atoms with E-state index in [1.54, 1.807) is 24.3 Å². The quantitative estimate of drug-likeness (QED) is 0.804. The highest BCUT2D eigenvalue weighted by Crippen LogP contribution is 2.16. The molecule has 0 saturated heterocycles. The van der Waals surface area contributed by atoms with Crippen LogP contribution in [0.15, 0.2) is 52.5 Å². The summed E-state index contributed by atoms with van der Waals surface area (Å²) in [6.45, 7) is 0.0164. The second-order valence-corrected chi connectivity index (χ2v) is 4.87. The molecule has 0 aliphatic carbocycles. The number of aromatic nitrogens is 1. The second-order valence-electron chi connectivity index (χ2n) is 4.46. The Balaban J connectivity index is 2.11. The zero-order valence-electron chi connectivity index (χ0n) is 12.2. The number of benzene rings is 1. The van der Waals surface area contributed by atoms with Gasteiger partial charge in [0.05, 0.1) is 5.02 Å². The summed E-state index contributed by atoms with van der Waals surface area (Å²) < 4.78 is 5.72. The van der Waals surface area contributed by atoms with E-state index in [-0.39, 0.29) is 17.3 Å². The molecule has 0 aliphatic heterocycles. The highest BCUT2D eigenvalue weighted by Gasteiger charge is 2.13. The van der Waals surface area contributed by atoms with Crippen LogP contribution < -0.4 is 10.9 Å². The average Bonchev–Trinajstić information content (AvgIpc) is 2.57. The minimum atomic E-state index is -1.33. The zero-order chi connectivity index (χ0) is 17.5. The number of carboxylic acid groups (broad SMARTS) is 1. The number of carboxylic acids is 1. The molecule has 0 radical (unpaired) electrons. The van der Waals surface area contributed by atoms with Crippen LogP contribution in [0.25, 0.3) is 0 Å². The molecule has 2 rings (SSSR count). The van der Waals surface area contributed by atoms with Gasteiger partial charge in [-0.15, -0.1) is 0 Å². The van der Waals surface area contributed by atoms with Gasteiger partial charge in [0.2, 0.25) is 0 Å². The number of anilines is 1. The van der Waals surface area contributed by atoms with E-state index < -0.39 is 17.6 Å². The van der Waals surface area contributed by atoms with Gasteiger partial charge in [0.15, 0.2) is 0 Å². The van der Waals surface area contributed by atoms with Crippen LogP contribution in [-0.2, 0) is 16.1 Å². The number of carbonyl (C=O) groups excluding carboxylic acids is 1. The minimum Gasteiger partial charge on any atom is -0.477 e. The first-order valence-corrected chi connectivity index (χ1v) is 7.01. The van der Waals surface area contributed by atoms with Crippen molar-refractivity contribution in [3.05, 3.63) is 63.5 Å². The maximum absolute atomic E-state index is 12.1. The van der Waals surface area contributed by atoms with E-state index in [1.807, 2.05) is 6.07 Å². The predicted molar refractivity (Wildman–Crippen MR) is 87.5 cm³/mol. The Bertz CT molecular complexity index is 833. The van der Waals surface area contributed by atoms with E-state index in [1.165, 1.54) is 12.3 Å². The highest BCUT2D eigenvalue weighted by molar-refractivity contribution is 6.33. The molecular formula is C15H12ClN3O5. The van der Waals surface area contributed by atoms with Gasteiger partial charge in [0.25, 0.3) is 5.56 Å². The fourth-order valence-electron chi connectivity index (χ4n) is 1.68. The third kappa shape index (κ3) is 4.68. The summed E-state index contributed by atoms with van der Waals surface area (Å²) in [5.41, 5.74) is -0.285.